The smallest absolute Gasteiger partial charge is 0.187 e. The number of ether oxygens (including phenoxy) is 2. The Balaban J connectivity index is 1.60. The standard InChI is InChI=1S/C32H32N4O3/c1-20-6-7-21(2)35(20)28-18-29(36-22(3)8-9-23(36)4)32(39-27-16-12-25(34-5)13-17-27)30(37)31(28)38-26-14-10-24(19-33)11-15-26/h6-17,28-32,37H,18H2,1-4H3. The molecule has 39 heavy (non-hydrogen) atoms. The molecule has 1 N–H and O–H groups in total. The van der Waals surface area contributed by atoms with Gasteiger partial charge in [0.15, 0.2) is 5.69 Å². The zero-order valence-electron chi connectivity index (χ0n) is 22.6. The van der Waals surface area contributed by atoms with Gasteiger partial charge in [-0.2, -0.15) is 5.26 Å². The van der Waals surface area contributed by atoms with Crippen molar-refractivity contribution in [2.75, 3.05) is 0 Å². The molecule has 0 aliphatic heterocycles. The van der Waals surface area contributed by atoms with Crippen LogP contribution >= 0.6 is 0 Å². The maximum Gasteiger partial charge on any atom is 0.187 e. The number of rotatable bonds is 6. The molecule has 5 unspecified atom stereocenters. The van der Waals surface area contributed by atoms with E-state index in [4.69, 9.17) is 16.0 Å². The van der Waals surface area contributed by atoms with Gasteiger partial charge in [-0.05, 0) is 94.8 Å². The molecule has 5 rings (SSSR count). The molecule has 1 saturated carbocycles. The lowest BCUT2D eigenvalue weighted by Gasteiger charge is -2.46. The van der Waals surface area contributed by atoms with Gasteiger partial charge >= 0.3 is 0 Å². The van der Waals surface area contributed by atoms with Gasteiger partial charge in [0.1, 0.15) is 29.8 Å². The maximum absolute atomic E-state index is 12.1. The van der Waals surface area contributed by atoms with Crippen molar-refractivity contribution in [1.82, 2.24) is 9.13 Å². The lowest BCUT2D eigenvalue weighted by Crippen LogP contribution is -2.57. The summed E-state index contributed by atoms with van der Waals surface area (Å²) in [5.74, 6) is 1.17. The zero-order chi connectivity index (χ0) is 27.7. The van der Waals surface area contributed by atoms with E-state index in [1.807, 2.05) is 0 Å². The average molecular weight is 521 g/mol. The van der Waals surface area contributed by atoms with Crippen LogP contribution in [-0.2, 0) is 0 Å². The molecular weight excluding hydrogens is 488 g/mol. The van der Waals surface area contributed by atoms with Crippen LogP contribution in [0.1, 0.15) is 46.8 Å². The van der Waals surface area contributed by atoms with Gasteiger partial charge in [-0.3, -0.25) is 0 Å². The van der Waals surface area contributed by atoms with Gasteiger partial charge in [0.25, 0.3) is 0 Å². The Morgan fingerprint density at radius 1 is 0.744 bits per heavy atom. The second-order valence-electron chi connectivity index (χ2n) is 10.2. The summed E-state index contributed by atoms with van der Waals surface area (Å²) in [6, 6.07) is 24.1. The van der Waals surface area contributed by atoms with Gasteiger partial charge in [0.05, 0.1) is 30.3 Å². The summed E-state index contributed by atoms with van der Waals surface area (Å²) in [6.45, 7) is 15.5. The van der Waals surface area contributed by atoms with Crippen molar-refractivity contribution in [2.45, 2.75) is 64.5 Å². The highest BCUT2D eigenvalue weighted by Crippen LogP contribution is 2.43. The highest BCUT2D eigenvalue weighted by atomic mass is 16.5. The van der Waals surface area contributed by atoms with E-state index >= 15 is 0 Å². The third-order valence-electron chi connectivity index (χ3n) is 7.72. The fourth-order valence-electron chi connectivity index (χ4n) is 5.89. The molecule has 4 aromatic rings. The van der Waals surface area contributed by atoms with Gasteiger partial charge in [0.2, 0.25) is 0 Å². The monoisotopic (exact) mass is 520 g/mol. The molecule has 198 valence electrons. The second kappa shape index (κ2) is 10.7. The van der Waals surface area contributed by atoms with Crippen molar-refractivity contribution in [1.29, 1.82) is 5.26 Å². The van der Waals surface area contributed by atoms with Crippen LogP contribution in [0.2, 0.25) is 0 Å². The zero-order valence-corrected chi connectivity index (χ0v) is 22.6. The average Bonchev–Trinajstić information content (AvgIpc) is 3.46. The molecule has 2 aromatic carbocycles. The molecule has 0 amide bonds. The predicted octanol–water partition coefficient (Wildman–Crippen LogP) is 6.39. The van der Waals surface area contributed by atoms with Crippen LogP contribution in [0.5, 0.6) is 11.5 Å². The highest BCUT2D eigenvalue weighted by molar-refractivity contribution is 5.47. The van der Waals surface area contributed by atoms with E-state index in [9.17, 15) is 10.4 Å². The number of aliphatic hydroxyl groups is 1. The van der Waals surface area contributed by atoms with E-state index < -0.39 is 18.3 Å². The number of aliphatic hydroxyl groups excluding tert-OH is 1. The molecule has 1 fully saturated rings. The molecule has 0 saturated heterocycles. The maximum atomic E-state index is 12.1. The minimum atomic E-state index is -0.993. The third kappa shape index (κ3) is 5.02. The topological polar surface area (TPSA) is 76.7 Å². The summed E-state index contributed by atoms with van der Waals surface area (Å²) in [5.41, 5.74) is 5.43. The van der Waals surface area contributed by atoms with Crippen molar-refractivity contribution in [3.8, 4) is 17.6 Å². The van der Waals surface area contributed by atoms with Crippen molar-refractivity contribution in [2.24, 2.45) is 0 Å². The predicted molar refractivity (Wildman–Crippen MR) is 149 cm³/mol. The molecule has 0 radical (unpaired) electrons. The molecule has 0 spiro atoms. The van der Waals surface area contributed by atoms with Crippen molar-refractivity contribution < 1.29 is 14.6 Å². The van der Waals surface area contributed by atoms with Gasteiger partial charge in [-0.15, -0.1) is 0 Å². The number of aromatic nitrogens is 2. The van der Waals surface area contributed by atoms with Crippen LogP contribution in [0.15, 0.2) is 72.8 Å². The normalized spacial score (nSPS) is 22.6. The van der Waals surface area contributed by atoms with Gasteiger partial charge in [-0.25, -0.2) is 4.85 Å². The number of hydrogen-bond donors (Lipinski definition) is 1. The van der Waals surface area contributed by atoms with E-state index in [2.05, 4.69) is 72.0 Å². The minimum absolute atomic E-state index is 0.178. The molecule has 5 atom stereocenters. The van der Waals surface area contributed by atoms with E-state index in [0.717, 1.165) is 22.8 Å². The Labute approximate surface area is 229 Å². The summed E-state index contributed by atoms with van der Waals surface area (Å²) in [4.78, 5) is 3.48. The van der Waals surface area contributed by atoms with Crippen molar-refractivity contribution in [3.05, 3.63) is 113 Å². The quantitative estimate of drug-likeness (QED) is 0.299. The Kier molecular flexibility index (Phi) is 7.19. The van der Waals surface area contributed by atoms with Crippen molar-refractivity contribution >= 4 is 5.69 Å². The first-order valence-corrected chi connectivity index (χ1v) is 13.1. The van der Waals surface area contributed by atoms with Crippen molar-refractivity contribution in [3.63, 3.8) is 0 Å². The largest absolute Gasteiger partial charge is 0.486 e. The fourth-order valence-corrected chi connectivity index (χ4v) is 5.89. The summed E-state index contributed by atoms with van der Waals surface area (Å²) < 4.78 is 17.6. The molecule has 7 heteroatoms. The molecule has 1 aliphatic carbocycles. The Morgan fingerprint density at radius 2 is 1.15 bits per heavy atom. The summed E-state index contributed by atoms with van der Waals surface area (Å²) in [7, 11) is 0. The lowest BCUT2D eigenvalue weighted by molar-refractivity contribution is -0.108. The van der Waals surface area contributed by atoms with Crippen LogP contribution < -0.4 is 9.47 Å². The minimum Gasteiger partial charge on any atom is -0.486 e. The molecule has 2 aromatic heterocycles. The van der Waals surface area contributed by atoms with E-state index in [1.54, 1.807) is 48.5 Å². The fraction of sp³-hybridized carbons (Fsp3) is 0.312. The first-order chi connectivity index (χ1) is 18.8. The number of nitriles is 1. The van der Waals surface area contributed by atoms with Gasteiger partial charge in [-0.1, -0.05) is 12.1 Å². The van der Waals surface area contributed by atoms with Gasteiger partial charge < -0.3 is 23.7 Å². The van der Waals surface area contributed by atoms with Crippen LogP contribution in [0.4, 0.5) is 5.69 Å². The number of benzene rings is 2. The van der Waals surface area contributed by atoms with Gasteiger partial charge in [0, 0.05) is 22.8 Å². The summed E-state index contributed by atoms with van der Waals surface area (Å²) in [6.07, 6.45) is -1.57. The number of aryl methyl sites for hydroxylation is 4. The number of hydrogen-bond acceptors (Lipinski definition) is 4. The molecule has 2 heterocycles. The molecule has 7 nitrogen and oxygen atoms in total. The molecular formula is C32H32N4O3. The Bertz CT molecular complexity index is 1380. The third-order valence-corrected chi connectivity index (χ3v) is 7.72. The van der Waals surface area contributed by atoms with E-state index in [0.29, 0.717) is 29.2 Å². The van der Waals surface area contributed by atoms with Crippen LogP contribution in [0.25, 0.3) is 4.85 Å². The lowest BCUT2D eigenvalue weighted by atomic mass is 9.82. The second-order valence-corrected chi connectivity index (χ2v) is 10.2. The van der Waals surface area contributed by atoms with Crippen LogP contribution in [0, 0.1) is 45.6 Å². The summed E-state index contributed by atoms with van der Waals surface area (Å²) in [5, 5.41) is 21.3. The molecule has 0 bridgehead atoms. The number of nitrogens with zero attached hydrogens (tertiary/aromatic N) is 4. The Hall–Kier alpha value is -4.46. The highest BCUT2D eigenvalue weighted by Gasteiger charge is 2.49. The SMILES string of the molecule is [C-]#[N+]c1ccc(OC2C(O)C(Oc3ccc(C#N)cc3)C(n3c(C)ccc3C)CC2n2c(C)ccc2C)cc1. The van der Waals surface area contributed by atoms with E-state index in [-0.39, 0.29) is 12.1 Å². The first kappa shape index (κ1) is 26.2. The van der Waals surface area contributed by atoms with Crippen LogP contribution in [-0.4, -0.2) is 32.6 Å². The Morgan fingerprint density at radius 3 is 1.54 bits per heavy atom. The van der Waals surface area contributed by atoms with Crippen LogP contribution in [0.3, 0.4) is 0 Å². The summed E-state index contributed by atoms with van der Waals surface area (Å²) >= 11 is 0. The van der Waals surface area contributed by atoms with E-state index in [1.165, 1.54) is 0 Å². The first-order valence-electron chi connectivity index (χ1n) is 13.1. The molecule has 1 aliphatic rings.